The number of hydrazone groups is 1. The summed E-state index contributed by atoms with van der Waals surface area (Å²) in [6.07, 6.45) is 1.45. The van der Waals surface area contributed by atoms with Gasteiger partial charge in [-0.1, -0.05) is 42.5 Å². The van der Waals surface area contributed by atoms with E-state index in [1.165, 1.54) is 13.1 Å². The number of carbonyl (C=O) groups excluding carboxylic acids is 2. The van der Waals surface area contributed by atoms with Crippen LogP contribution in [0, 0.1) is 17.2 Å². The molecule has 0 aliphatic heterocycles. The maximum absolute atomic E-state index is 12.4. The lowest BCUT2D eigenvalue weighted by Gasteiger charge is -2.12. The Balaban J connectivity index is 1.59. The van der Waals surface area contributed by atoms with Crippen molar-refractivity contribution in [2.45, 2.75) is 13.5 Å². The minimum atomic E-state index is -0.955. The van der Waals surface area contributed by atoms with Crippen LogP contribution in [0.2, 0.25) is 0 Å². The molecule has 0 bridgehead atoms. The maximum atomic E-state index is 12.4. The smallest absolute Gasteiger partial charge is 0.252 e. The van der Waals surface area contributed by atoms with Crippen LogP contribution in [0.3, 0.4) is 0 Å². The minimum Gasteiger partial charge on any atom is -0.488 e. The zero-order chi connectivity index (χ0) is 23.6. The fourth-order valence-electron chi connectivity index (χ4n) is 2.81. The average molecular weight is 505 g/mol. The number of nitrogens with zero attached hydrogens (tertiary/aromatic N) is 2. The van der Waals surface area contributed by atoms with Gasteiger partial charge in [-0.05, 0) is 53.2 Å². The van der Waals surface area contributed by atoms with Crippen LogP contribution in [-0.2, 0) is 16.2 Å². The van der Waals surface area contributed by atoms with Gasteiger partial charge in [-0.3, -0.25) is 9.59 Å². The number of ether oxygens (including phenoxy) is 1. The molecule has 0 aliphatic carbocycles. The number of hydrogen-bond donors (Lipinski definition) is 2. The van der Waals surface area contributed by atoms with Crippen LogP contribution in [0.25, 0.3) is 0 Å². The lowest BCUT2D eigenvalue weighted by Crippen LogP contribution is -2.34. The van der Waals surface area contributed by atoms with E-state index in [2.05, 4.69) is 37.8 Å². The number of hydrogen-bond acceptors (Lipinski definition) is 5. The molecule has 8 heteroatoms. The predicted octanol–water partition coefficient (Wildman–Crippen LogP) is 4.62. The predicted molar refractivity (Wildman–Crippen MR) is 130 cm³/mol. The van der Waals surface area contributed by atoms with E-state index in [0.717, 1.165) is 10.0 Å². The van der Waals surface area contributed by atoms with Crippen molar-refractivity contribution in [3.8, 4) is 11.8 Å². The summed E-state index contributed by atoms with van der Waals surface area (Å²) in [5.41, 5.74) is 4.92. The van der Waals surface area contributed by atoms with Crippen molar-refractivity contribution in [2.75, 3.05) is 5.32 Å². The van der Waals surface area contributed by atoms with Crippen LogP contribution >= 0.6 is 15.9 Å². The van der Waals surface area contributed by atoms with Crippen molar-refractivity contribution in [1.29, 1.82) is 5.26 Å². The number of nitriles is 1. The zero-order valence-electron chi connectivity index (χ0n) is 17.8. The summed E-state index contributed by atoms with van der Waals surface area (Å²) in [6, 6.07) is 23.7. The molecule has 7 nitrogen and oxygen atoms in total. The highest BCUT2D eigenvalue weighted by atomic mass is 79.9. The molecular weight excluding hydrogens is 484 g/mol. The van der Waals surface area contributed by atoms with Gasteiger partial charge in [0.1, 0.15) is 18.3 Å². The molecule has 3 rings (SSSR count). The van der Waals surface area contributed by atoms with E-state index in [0.29, 0.717) is 22.6 Å². The van der Waals surface area contributed by atoms with Crippen molar-refractivity contribution in [3.05, 3.63) is 94.0 Å². The van der Waals surface area contributed by atoms with Gasteiger partial charge >= 0.3 is 0 Å². The number of halogens is 1. The number of nitrogens with one attached hydrogen (secondary N) is 2. The summed E-state index contributed by atoms with van der Waals surface area (Å²) < 4.78 is 6.58. The van der Waals surface area contributed by atoms with E-state index < -0.39 is 17.7 Å². The van der Waals surface area contributed by atoms with Gasteiger partial charge in [-0.25, -0.2) is 5.43 Å². The van der Waals surface area contributed by atoms with E-state index in [1.807, 2.05) is 30.3 Å². The van der Waals surface area contributed by atoms with Crippen LogP contribution in [0.4, 0.5) is 5.69 Å². The average Bonchev–Trinajstić information content (AvgIpc) is 2.84. The number of anilines is 1. The second-order valence-electron chi connectivity index (χ2n) is 7.02. The van der Waals surface area contributed by atoms with E-state index in [1.54, 1.807) is 42.5 Å². The van der Waals surface area contributed by atoms with Gasteiger partial charge in [0.05, 0.1) is 23.5 Å². The minimum absolute atomic E-state index is 0.215. The van der Waals surface area contributed by atoms with Crippen molar-refractivity contribution in [2.24, 2.45) is 11.0 Å². The van der Waals surface area contributed by atoms with Gasteiger partial charge in [0.2, 0.25) is 5.91 Å². The summed E-state index contributed by atoms with van der Waals surface area (Å²) in [4.78, 5) is 24.7. The molecule has 33 heavy (non-hydrogen) atoms. The first-order valence-corrected chi connectivity index (χ1v) is 10.9. The summed E-state index contributed by atoms with van der Waals surface area (Å²) in [5.74, 6) is -1.40. The van der Waals surface area contributed by atoms with E-state index in [9.17, 15) is 14.9 Å². The molecule has 0 spiro atoms. The fourth-order valence-corrected chi connectivity index (χ4v) is 3.20. The topological polar surface area (TPSA) is 104 Å². The second-order valence-corrected chi connectivity index (χ2v) is 7.87. The summed E-state index contributed by atoms with van der Waals surface area (Å²) in [5, 5.41) is 15.9. The molecule has 0 aromatic heterocycles. The zero-order valence-corrected chi connectivity index (χ0v) is 19.4. The first kappa shape index (κ1) is 23.7. The van der Waals surface area contributed by atoms with Gasteiger partial charge < -0.3 is 10.1 Å². The molecule has 0 aliphatic rings. The number of amides is 2. The van der Waals surface area contributed by atoms with E-state index in [4.69, 9.17) is 4.74 Å². The molecule has 0 saturated heterocycles. The molecule has 2 N–H and O–H groups in total. The third-order valence-electron chi connectivity index (χ3n) is 4.74. The van der Waals surface area contributed by atoms with Gasteiger partial charge in [-0.2, -0.15) is 10.4 Å². The Morgan fingerprint density at radius 2 is 1.76 bits per heavy atom. The van der Waals surface area contributed by atoms with Crippen LogP contribution in [0.15, 0.2) is 82.4 Å². The Bertz CT molecular complexity index is 1220. The van der Waals surface area contributed by atoms with E-state index in [-0.39, 0.29) is 6.61 Å². The third-order valence-corrected chi connectivity index (χ3v) is 5.43. The second kappa shape index (κ2) is 11.6. The van der Waals surface area contributed by atoms with Crippen LogP contribution < -0.4 is 15.5 Å². The molecule has 0 saturated carbocycles. The molecule has 1 atom stereocenters. The van der Waals surface area contributed by atoms with Crippen molar-refractivity contribution >= 4 is 39.6 Å². The van der Waals surface area contributed by atoms with Gasteiger partial charge in [0, 0.05) is 15.6 Å². The van der Waals surface area contributed by atoms with Crippen molar-refractivity contribution in [1.82, 2.24) is 5.43 Å². The summed E-state index contributed by atoms with van der Waals surface area (Å²) >= 11 is 3.35. The summed E-state index contributed by atoms with van der Waals surface area (Å²) in [7, 11) is 0. The van der Waals surface area contributed by atoms with Crippen LogP contribution in [0.5, 0.6) is 5.75 Å². The van der Waals surface area contributed by atoms with Gasteiger partial charge in [0.15, 0.2) is 0 Å². The standard InChI is InChI=1S/C25H21BrN4O3/c1-17(24(31)29-22-12-6-5-11-21(22)26)25(32)30-28-15-19-9-4-7-13-23(19)33-16-20-10-3-2-8-18(20)14-27/h2-13,15,17H,16H2,1H3,(H,29,31)(H,30,32). The highest BCUT2D eigenvalue weighted by molar-refractivity contribution is 9.10. The fraction of sp³-hybridized carbons (Fsp3) is 0.120. The highest BCUT2D eigenvalue weighted by Crippen LogP contribution is 2.22. The quantitative estimate of drug-likeness (QED) is 0.265. The number of rotatable bonds is 8. The maximum Gasteiger partial charge on any atom is 0.252 e. The monoisotopic (exact) mass is 504 g/mol. The third kappa shape index (κ3) is 6.51. The Morgan fingerprint density at radius 1 is 1.06 bits per heavy atom. The number of benzene rings is 3. The molecule has 1 unspecified atom stereocenters. The molecule has 0 heterocycles. The van der Waals surface area contributed by atoms with Crippen LogP contribution in [0.1, 0.15) is 23.6 Å². The van der Waals surface area contributed by atoms with E-state index >= 15 is 0 Å². The van der Waals surface area contributed by atoms with Crippen LogP contribution in [-0.4, -0.2) is 18.0 Å². The number of carbonyl (C=O) groups is 2. The SMILES string of the molecule is CC(C(=O)NN=Cc1ccccc1OCc1ccccc1C#N)C(=O)Nc1ccccc1Br. The first-order chi connectivity index (χ1) is 16.0. The Hall–Kier alpha value is -3.96. The lowest BCUT2D eigenvalue weighted by molar-refractivity contribution is -0.131. The number of para-hydroxylation sites is 2. The molecule has 2 amide bonds. The first-order valence-electron chi connectivity index (χ1n) is 10.1. The Kier molecular flexibility index (Phi) is 8.33. The van der Waals surface area contributed by atoms with Gasteiger partial charge in [0.25, 0.3) is 5.91 Å². The molecule has 0 fully saturated rings. The molecule has 3 aromatic carbocycles. The highest BCUT2D eigenvalue weighted by Gasteiger charge is 2.21. The Labute approximate surface area is 200 Å². The normalized spacial score (nSPS) is 11.4. The lowest BCUT2D eigenvalue weighted by atomic mass is 10.1. The molecule has 0 radical (unpaired) electrons. The van der Waals surface area contributed by atoms with Crippen molar-refractivity contribution < 1.29 is 14.3 Å². The molecule has 3 aromatic rings. The van der Waals surface area contributed by atoms with Gasteiger partial charge in [-0.15, -0.1) is 0 Å². The molecular formula is C25H21BrN4O3. The largest absolute Gasteiger partial charge is 0.488 e. The van der Waals surface area contributed by atoms with Crippen molar-refractivity contribution in [3.63, 3.8) is 0 Å². The molecule has 166 valence electrons. The summed E-state index contributed by atoms with van der Waals surface area (Å²) in [6.45, 7) is 1.72. The Morgan fingerprint density at radius 3 is 2.55 bits per heavy atom.